The molecule has 2 amide bonds. The summed E-state index contributed by atoms with van der Waals surface area (Å²) in [7, 11) is 0. The van der Waals surface area contributed by atoms with Gasteiger partial charge in [-0.1, -0.05) is 70.9 Å². The van der Waals surface area contributed by atoms with E-state index in [1.165, 1.54) is 37.0 Å². The van der Waals surface area contributed by atoms with E-state index in [9.17, 15) is 14.7 Å². The van der Waals surface area contributed by atoms with Crippen LogP contribution in [0.15, 0.2) is 30.0 Å². The first-order valence-corrected chi connectivity index (χ1v) is 10.6. The van der Waals surface area contributed by atoms with Gasteiger partial charge in [-0.2, -0.15) is 0 Å². The summed E-state index contributed by atoms with van der Waals surface area (Å²) in [4.78, 5) is 26.2. The van der Waals surface area contributed by atoms with Gasteiger partial charge in [-0.3, -0.25) is 14.5 Å². The minimum Gasteiger partial charge on any atom is -0.502 e. The molecule has 0 saturated carbocycles. The quantitative estimate of drug-likeness (QED) is 0.371. The maximum absolute atomic E-state index is 12.7. The number of hydrogen-bond acceptors (Lipinski definition) is 4. The average Bonchev–Trinajstić information content (AvgIpc) is 2.92. The van der Waals surface area contributed by atoms with E-state index < -0.39 is 17.6 Å². The lowest BCUT2D eigenvalue weighted by Gasteiger charge is -2.14. The Bertz CT molecular complexity index is 678. The fraction of sp³-hybridized carbons (Fsp3) is 0.565. The van der Waals surface area contributed by atoms with Crippen LogP contribution in [0.2, 0.25) is 0 Å². The molecule has 154 valence electrons. The van der Waals surface area contributed by atoms with Gasteiger partial charge in [0.2, 0.25) is 0 Å². The van der Waals surface area contributed by atoms with Crippen molar-refractivity contribution in [2.75, 3.05) is 13.2 Å². The second kappa shape index (κ2) is 11.5. The SMILES string of the molecule is CCCCCCCCCCN1C(=O)C(O)=C(c2ccc(OCCC)cc2)C1=O. The van der Waals surface area contributed by atoms with Crippen molar-refractivity contribution in [2.24, 2.45) is 0 Å². The summed E-state index contributed by atoms with van der Waals surface area (Å²) >= 11 is 0. The van der Waals surface area contributed by atoms with Gasteiger partial charge in [0.05, 0.1) is 12.2 Å². The summed E-state index contributed by atoms with van der Waals surface area (Å²) in [5, 5.41) is 10.2. The van der Waals surface area contributed by atoms with Crippen LogP contribution in [0.3, 0.4) is 0 Å². The van der Waals surface area contributed by atoms with E-state index in [1.54, 1.807) is 24.3 Å². The maximum Gasteiger partial charge on any atom is 0.296 e. The predicted octanol–water partition coefficient (Wildman–Crippen LogP) is 5.25. The Kier molecular flexibility index (Phi) is 9.05. The Hall–Kier alpha value is -2.30. The highest BCUT2D eigenvalue weighted by atomic mass is 16.5. The molecule has 0 spiro atoms. The van der Waals surface area contributed by atoms with Crippen molar-refractivity contribution in [2.45, 2.75) is 71.6 Å². The van der Waals surface area contributed by atoms with Crippen LogP contribution in [-0.4, -0.2) is 35.0 Å². The first-order valence-electron chi connectivity index (χ1n) is 10.6. The molecule has 1 N–H and O–H groups in total. The molecule has 1 heterocycles. The minimum absolute atomic E-state index is 0.0895. The van der Waals surface area contributed by atoms with Crippen LogP contribution in [0.4, 0.5) is 0 Å². The van der Waals surface area contributed by atoms with Crippen LogP contribution in [0.1, 0.15) is 77.2 Å². The molecule has 0 radical (unpaired) electrons. The third kappa shape index (κ3) is 5.85. The number of benzene rings is 1. The number of hydrogen-bond donors (Lipinski definition) is 1. The molecule has 1 aliphatic rings. The standard InChI is InChI=1S/C23H33NO4/c1-3-5-6-7-8-9-10-11-16-24-22(26)20(21(25)23(24)27)18-12-14-19(15-13-18)28-17-4-2/h12-15,25H,3-11,16-17H2,1-2H3. The van der Waals surface area contributed by atoms with E-state index >= 15 is 0 Å². The highest BCUT2D eigenvalue weighted by Crippen LogP contribution is 2.29. The van der Waals surface area contributed by atoms with Crippen LogP contribution >= 0.6 is 0 Å². The summed E-state index contributed by atoms with van der Waals surface area (Å²) in [6.45, 7) is 5.21. The van der Waals surface area contributed by atoms with Crippen molar-refractivity contribution < 1.29 is 19.4 Å². The zero-order chi connectivity index (χ0) is 20.4. The molecule has 2 rings (SSSR count). The molecular formula is C23H33NO4. The summed E-state index contributed by atoms with van der Waals surface area (Å²) in [6, 6.07) is 6.93. The first-order chi connectivity index (χ1) is 13.6. The molecule has 5 nitrogen and oxygen atoms in total. The predicted molar refractivity (Wildman–Crippen MR) is 111 cm³/mol. The van der Waals surface area contributed by atoms with Gasteiger partial charge in [0.25, 0.3) is 11.8 Å². The number of carbonyl (C=O) groups is 2. The normalized spacial score (nSPS) is 14.3. The summed E-state index contributed by atoms with van der Waals surface area (Å²) in [5.41, 5.74) is 0.629. The van der Waals surface area contributed by atoms with Crippen LogP contribution in [0, 0.1) is 0 Å². The second-order valence-electron chi connectivity index (χ2n) is 7.33. The van der Waals surface area contributed by atoms with E-state index in [0.717, 1.165) is 25.7 Å². The van der Waals surface area contributed by atoms with Gasteiger partial charge in [-0.05, 0) is 30.5 Å². The average molecular weight is 388 g/mol. The first kappa shape index (κ1) is 22.0. The lowest BCUT2D eigenvalue weighted by Crippen LogP contribution is -2.32. The molecule has 5 heteroatoms. The van der Waals surface area contributed by atoms with Gasteiger partial charge < -0.3 is 9.84 Å². The van der Waals surface area contributed by atoms with Gasteiger partial charge >= 0.3 is 0 Å². The molecule has 0 aromatic heterocycles. The highest BCUT2D eigenvalue weighted by molar-refractivity contribution is 6.34. The molecule has 0 unspecified atom stereocenters. The molecule has 1 aliphatic heterocycles. The second-order valence-corrected chi connectivity index (χ2v) is 7.33. The van der Waals surface area contributed by atoms with Gasteiger partial charge in [-0.25, -0.2) is 0 Å². The zero-order valence-corrected chi connectivity index (χ0v) is 17.2. The topological polar surface area (TPSA) is 66.8 Å². The Labute approximate surface area is 168 Å². The van der Waals surface area contributed by atoms with Gasteiger partial charge in [-0.15, -0.1) is 0 Å². The molecule has 0 aliphatic carbocycles. The van der Waals surface area contributed by atoms with Crippen molar-refractivity contribution >= 4 is 17.4 Å². The van der Waals surface area contributed by atoms with Gasteiger partial charge in [0, 0.05) is 6.54 Å². The molecule has 1 aromatic rings. The van der Waals surface area contributed by atoms with E-state index in [1.807, 2.05) is 6.92 Å². The number of amides is 2. The summed E-state index contributed by atoms with van der Waals surface area (Å²) in [5.74, 6) is -0.744. The Morgan fingerprint density at radius 1 is 0.821 bits per heavy atom. The molecule has 0 saturated heterocycles. The van der Waals surface area contributed by atoms with Crippen molar-refractivity contribution in [1.29, 1.82) is 0 Å². The largest absolute Gasteiger partial charge is 0.502 e. The van der Waals surface area contributed by atoms with E-state index in [0.29, 0.717) is 24.5 Å². The fourth-order valence-electron chi connectivity index (χ4n) is 3.37. The van der Waals surface area contributed by atoms with Crippen molar-refractivity contribution in [3.63, 3.8) is 0 Å². The fourth-order valence-corrected chi connectivity index (χ4v) is 3.37. The van der Waals surface area contributed by atoms with Gasteiger partial charge in [0.1, 0.15) is 5.75 Å². The number of nitrogens with zero attached hydrogens (tertiary/aromatic N) is 1. The highest BCUT2D eigenvalue weighted by Gasteiger charge is 2.38. The lowest BCUT2D eigenvalue weighted by molar-refractivity contribution is -0.138. The number of aliphatic hydroxyl groups excluding tert-OH is 1. The Balaban J connectivity index is 1.85. The van der Waals surface area contributed by atoms with Crippen molar-refractivity contribution in [1.82, 2.24) is 4.90 Å². The number of aliphatic hydroxyl groups is 1. The van der Waals surface area contributed by atoms with Crippen molar-refractivity contribution in [3.8, 4) is 5.75 Å². The van der Waals surface area contributed by atoms with Crippen LogP contribution < -0.4 is 4.74 Å². The Morgan fingerprint density at radius 2 is 1.43 bits per heavy atom. The van der Waals surface area contributed by atoms with Gasteiger partial charge in [0.15, 0.2) is 5.76 Å². The molecule has 0 fully saturated rings. The van der Waals surface area contributed by atoms with Crippen LogP contribution in [0.25, 0.3) is 5.57 Å². The van der Waals surface area contributed by atoms with E-state index in [4.69, 9.17) is 4.74 Å². The summed E-state index contributed by atoms with van der Waals surface area (Å²) < 4.78 is 5.53. The number of carbonyl (C=O) groups excluding carboxylic acids is 2. The summed E-state index contributed by atoms with van der Waals surface area (Å²) in [6.07, 6.45) is 10.0. The zero-order valence-electron chi connectivity index (χ0n) is 17.2. The lowest BCUT2D eigenvalue weighted by atomic mass is 10.1. The molecule has 28 heavy (non-hydrogen) atoms. The van der Waals surface area contributed by atoms with E-state index in [-0.39, 0.29) is 5.57 Å². The number of ether oxygens (including phenoxy) is 1. The molecule has 0 bridgehead atoms. The van der Waals surface area contributed by atoms with Crippen molar-refractivity contribution in [3.05, 3.63) is 35.6 Å². The monoisotopic (exact) mass is 387 g/mol. The molecular weight excluding hydrogens is 354 g/mol. The number of rotatable bonds is 13. The maximum atomic E-state index is 12.7. The van der Waals surface area contributed by atoms with E-state index in [2.05, 4.69) is 6.92 Å². The van der Waals surface area contributed by atoms with Crippen LogP contribution in [-0.2, 0) is 9.59 Å². The smallest absolute Gasteiger partial charge is 0.296 e. The minimum atomic E-state index is -0.589. The third-order valence-corrected chi connectivity index (χ3v) is 4.99. The molecule has 0 atom stereocenters. The van der Waals surface area contributed by atoms with Crippen LogP contribution in [0.5, 0.6) is 5.75 Å². The number of imide groups is 1. The third-order valence-electron chi connectivity index (χ3n) is 4.99. The Morgan fingerprint density at radius 3 is 2.04 bits per heavy atom. The molecule has 1 aromatic carbocycles. The number of unbranched alkanes of at least 4 members (excludes halogenated alkanes) is 7.